The van der Waals surface area contributed by atoms with E-state index in [1.54, 1.807) is 23.1 Å². The van der Waals surface area contributed by atoms with Crippen LogP contribution in [0.1, 0.15) is 24.0 Å². The van der Waals surface area contributed by atoms with Gasteiger partial charge in [-0.15, -0.1) is 21.5 Å². The van der Waals surface area contributed by atoms with Gasteiger partial charge in [0.15, 0.2) is 11.0 Å². The van der Waals surface area contributed by atoms with E-state index >= 15 is 0 Å². The van der Waals surface area contributed by atoms with E-state index < -0.39 is 0 Å². The Labute approximate surface area is 174 Å². The quantitative estimate of drug-likeness (QED) is 0.384. The van der Waals surface area contributed by atoms with Gasteiger partial charge in [0.05, 0.1) is 24.1 Å². The van der Waals surface area contributed by atoms with Gasteiger partial charge in [-0.05, 0) is 55.3 Å². The number of benzene rings is 1. The normalized spacial score (nSPS) is 16.6. The summed E-state index contributed by atoms with van der Waals surface area (Å²) in [4.78, 5) is 1.14. The second kappa shape index (κ2) is 9.11. The summed E-state index contributed by atoms with van der Waals surface area (Å²) in [5.41, 5.74) is 2.38. The summed E-state index contributed by atoms with van der Waals surface area (Å²) in [6.45, 7) is 6.46. The smallest absolute Gasteiger partial charge is 0.191 e. The summed E-state index contributed by atoms with van der Waals surface area (Å²) in [5.74, 6) is 2.71. The lowest BCUT2D eigenvalue weighted by Crippen LogP contribution is -2.16. The predicted molar refractivity (Wildman–Crippen MR) is 114 cm³/mol. The van der Waals surface area contributed by atoms with Crippen LogP contribution >= 0.6 is 23.1 Å². The minimum atomic E-state index is 0.250. The number of hydrogen-bond donors (Lipinski definition) is 0. The fourth-order valence-electron chi connectivity index (χ4n) is 3.29. The summed E-state index contributed by atoms with van der Waals surface area (Å²) in [6, 6.07) is 10.4. The molecule has 1 fully saturated rings. The number of hydrogen-bond acceptors (Lipinski definition) is 6. The van der Waals surface area contributed by atoms with Crippen molar-refractivity contribution < 1.29 is 9.47 Å². The van der Waals surface area contributed by atoms with Crippen molar-refractivity contribution in [1.29, 1.82) is 0 Å². The molecule has 0 radical (unpaired) electrons. The van der Waals surface area contributed by atoms with Gasteiger partial charge < -0.3 is 9.47 Å². The van der Waals surface area contributed by atoms with Crippen LogP contribution < -0.4 is 4.74 Å². The van der Waals surface area contributed by atoms with Crippen molar-refractivity contribution in [3.05, 3.63) is 46.8 Å². The standard InChI is InChI=1S/C21H25N3O2S2/c1-15-7-8-16(2)18(13-15)26-10-12-28-21-23-22-20(19-6-4-11-27-19)24(21)14-17-5-3-9-25-17/h4,6-8,11,13,17H,3,5,9-10,12,14H2,1-2H3. The van der Waals surface area contributed by atoms with Crippen molar-refractivity contribution in [3.8, 4) is 16.5 Å². The number of nitrogens with zero attached hydrogens (tertiary/aromatic N) is 3. The molecule has 0 bridgehead atoms. The van der Waals surface area contributed by atoms with Crippen LogP contribution in [0.5, 0.6) is 5.75 Å². The van der Waals surface area contributed by atoms with Crippen LogP contribution in [0.15, 0.2) is 40.9 Å². The molecule has 3 heterocycles. The molecule has 0 amide bonds. The Hall–Kier alpha value is -1.83. The van der Waals surface area contributed by atoms with Gasteiger partial charge in [0.2, 0.25) is 0 Å². The first-order valence-electron chi connectivity index (χ1n) is 9.62. The second-order valence-corrected chi connectivity index (χ2v) is 9.00. The van der Waals surface area contributed by atoms with Crippen molar-refractivity contribution >= 4 is 23.1 Å². The van der Waals surface area contributed by atoms with Gasteiger partial charge in [-0.1, -0.05) is 30.0 Å². The molecule has 5 nitrogen and oxygen atoms in total. The zero-order valence-corrected chi connectivity index (χ0v) is 17.9. The first-order valence-corrected chi connectivity index (χ1v) is 11.5. The Morgan fingerprint density at radius 3 is 3.00 bits per heavy atom. The van der Waals surface area contributed by atoms with E-state index in [1.807, 2.05) is 0 Å². The molecule has 1 atom stereocenters. The predicted octanol–water partition coefficient (Wildman–Crippen LogP) is 4.97. The van der Waals surface area contributed by atoms with Crippen LogP contribution in [0, 0.1) is 13.8 Å². The third-order valence-electron chi connectivity index (χ3n) is 4.78. The third-order valence-corrected chi connectivity index (χ3v) is 6.58. The monoisotopic (exact) mass is 415 g/mol. The fourth-order valence-corrected chi connectivity index (χ4v) is 4.77. The summed E-state index contributed by atoms with van der Waals surface area (Å²) in [6.07, 6.45) is 2.48. The molecule has 1 aromatic carbocycles. The zero-order chi connectivity index (χ0) is 19.3. The maximum Gasteiger partial charge on any atom is 0.191 e. The van der Waals surface area contributed by atoms with Crippen LogP contribution in [-0.2, 0) is 11.3 Å². The summed E-state index contributed by atoms with van der Waals surface area (Å²) < 4.78 is 14.1. The molecular formula is C21H25N3O2S2. The first kappa shape index (κ1) is 19.5. The summed E-state index contributed by atoms with van der Waals surface area (Å²) >= 11 is 3.38. The molecule has 4 rings (SSSR count). The molecule has 28 heavy (non-hydrogen) atoms. The number of rotatable bonds is 8. The minimum Gasteiger partial charge on any atom is -0.492 e. The zero-order valence-electron chi connectivity index (χ0n) is 16.3. The maximum atomic E-state index is 5.99. The van der Waals surface area contributed by atoms with Gasteiger partial charge in [0.1, 0.15) is 5.75 Å². The highest BCUT2D eigenvalue weighted by molar-refractivity contribution is 7.99. The number of thiophene rings is 1. The van der Waals surface area contributed by atoms with Gasteiger partial charge in [-0.25, -0.2) is 0 Å². The Bertz CT molecular complexity index is 903. The van der Waals surface area contributed by atoms with Gasteiger partial charge in [0.25, 0.3) is 0 Å². The average molecular weight is 416 g/mol. The van der Waals surface area contributed by atoms with Crippen LogP contribution in [-0.4, -0.2) is 39.8 Å². The SMILES string of the molecule is Cc1ccc(C)c(OCCSc2nnc(-c3cccs3)n2CC2CCCO2)c1. The highest BCUT2D eigenvalue weighted by Gasteiger charge is 2.22. The van der Waals surface area contributed by atoms with Crippen molar-refractivity contribution in [1.82, 2.24) is 14.8 Å². The number of aryl methyl sites for hydroxylation is 2. The summed E-state index contributed by atoms with van der Waals surface area (Å²) in [7, 11) is 0. The van der Waals surface area contributed by atoms with E-state index in [9.17, 15) is 0 Å². The molecular weight excluding hydrogens is 390 g/mol. The molecule has 1 aliphatic rings. The van der Waals surface area contributed by atoms with Crippen LogP contribution in [0.4, 0.5) is 0 Å². The van der Waals surface area contributed by atoms with Crippen LogP contribution in [0.2, 0.25) is 0 Å². The van der Waals surface area contributed by atoms with E-state index in [0.717, 1.165) is 58.9 Å². The van der Waals surface area contributed by atoms with Gasteiger partial charge in [-0.2, -0.15) is 0 Å². The molecule has 0 aliphatic carbocycles. The largest absolute Gasteiger partial charge is 0.492 e. The minimum absolute atomic E-state index is 0.250. The molecule has 2 aromatic heterocycles. The average Bonchev–Trinajstić information content (AvgIpc) is 3.44. The van der Waals surface area contributed by atoms with E-state index in [4.69, 9.17) is 9.47 Å². The molecule has 1 aliphatic heterocycles. The topological polar surface area (TPSA) is 49.2 Å². The van der Waals surface area contributed by atoms with Crippen molar-refractivity contribution in [2.45, 2.75) is 44.5 Å². The highest BCUT2D eigenvalue weighted by Crippen LogP contribution is 2.29. The third kappa shape index (κ3) is 4.59. The molecule has 148 valence electrons. The van der Waals surface area contributed by atoms with Gasteiger partial charge in [0, 0.05) is 12.4 Å². The van der Waals surface area contributed by atoms with Gasteiger partial charge >= 0.3 is 0 Å². The molecule has 0 spiro atoms. The molecule has 1 saturated heterocycles. The van der Waals surface area contributed by atoms with E-state index in [2.05, 4.69) is 64.3 Å². The summed E-state index contributed by atoms with van der Waals surface area (Å²) in [5, 5.41) is 11.9. The van der Waals surface area contributed by atoms with Crippen molar-refractivity contribution in [3.63, 3.8) is 0 Å². The molecule has 0 N–H and O–H groups in total. The van der Waals surface area contributed by atoms with Crippen LogP contribution in [0.3, 0.4) is 0 Å². The lowest BCUT2D eigenvalue weighted by molar-refractivity contribution is 0.0953. The van der Waals surface area contributed by atoms with E-state index in [1.165, 1.54) is 5.56 Å². The Morgan fingerprint density at radius 1 is 1.29 bits per heavy atom. The highest BCUT2D eigenvalue weighted by atomic mass is 32.2. The van der Waals surface area contributed by atoms with Crippen molar-refractivity contribution in [2.75, 3.05) is 19.0 Å². The van der Waals surface area contributed by atoms with Crippen LogP contribution in [0.25, 0.3) is 10.7 Å². The second-order valence-electron chi connectivity index (χ2n) is 6.99. The molecule has 3 aromatic rings. The Balaban J connectivity index is 1.42. The number of aromatic nitrogens is 3. The maximum absolute atomic E-state index is 5.99. The number of ether oxygens (including phenoxy) is 2. The number of thioether (sulfide) groups is 1. The van der Waals surface area contributed by atoms with Crippen molar-refractivity contribution in [2.24, 2.45) is 0 Å². The first-order chi connectivity index (χ1) is 13.7. The lowest BCUT2D eigenvalue weighted by Gasteiger charge is -2.14. The van der Waals surface area contributed by atoms with Gasteiger partial charge in [-0.3, -0.25) is 4.57 Å². The lowest BCUT2D eigenvalue weighted by atomic mass is 10.1. The fraction of sp³-hybridized carbons (Fsp3) is 0.429. The molecule has 7 heteroatoms. The molecule has 0 saturated carbocycles. The molecule has 1 unspecified atom stereocenters. The van der Waals surface area contributed by atoms with E-state index in [-0.39, 0.29) is 6.10 Å². The Morgan fingerprint density at radius 2 is 2.21 bits per heavy atom. The van der Waals surface area contributed by atoms with E-state index in [0.29, 0.717) is 6.61 Å². The Kier molecular flexibility index (Phi) is 6.34.